The zero-order valence-corrected chi connectivity index (χ0v) is 14.9. The summed E-state index contributed by atoms with van der Waals surface area (Å²) < 4.78 is 29.2. The van der Waals surface area contributed by atoms with Crippen molar-refractivity contribution in [2.75, 3.05) is 0 Å². The number of aromatic nitrogens is 2. The lowest BCUT2D eigenvalue weighted by Gasteiger charge is -2.16. The standard InChI is InChI=1S/C18H14Cl2F2N2O/c1-9-15(18(25)11-7-6-10(21)8-13(11)20)17(24(2)23-9)16-12(19)4-3-5-14(16)22/h3-8,18,25H,1-2H3/t18-/m0/s1. The first-order valence-corrected chi connectivity index (χ1v) is 8.17. The van der Waals surface area contributed by atoms with Crippen molar-refractivity contribution in [3.63, 3.8) is 0 Å². The topological polar surface area (TPSA) is 38.0 Å². The van der Waals surface area contributed by atoms with Crippen LogP contribution in [0, 0.1) is 18.6 Å². The molecule has 0 aliphatic heterocycles. The molecule has 1 aromatic heterocycles. The Labute approximate surface area is 153 Å². The van der Waals surface area contributed by atoms with Crippen LogP contribution in [0.4, 0.5) is 8.78 Å². The second kappa shape index (κ2) is 6.75. The first-order valence-electron chi connectivity index (χ1n) is 7.42. The van der Waals surface area contributed by atoms with Crippen molar-refractivity contribution in [3.05, 3.63) is 74.9 Å². The molecule has 0 saturated carbocycles. The largest absolute Gasteiger partial charge is 0.383 e. The summed E-state index contributed by atoms with van der Waals surface area (Å²) >= 11 is 12.2. The van der Waals surface area contributed by atoms with Crippen LogP contribution in [-0.4, -0.2) is 14.9 Å². The maximum Gasteiger partial charge on any atom is 0.134 e. The van der Waals surface area contributed by atoms with Crippen molar-refractivity contribution in [1.82, 2.24) is 9.78 Å². The fraction of sp³-hybridized carbons (Fsp3) is 0.167. The molecule has 0 aliphatic rings. The van der Waals surface area contributed by atoms with Crippen LogP contribution in [0.5, 0.6) is 0 Å². The highest BCUT2D eigenvalue weighted by Gasteiger charge is 2.27. The predicted molar refractivity (Wildman–Crippen MR) is 93.8 cm³/mol. The van der Waals surface area contributed by atoms with E-state index in [9.17, 15) is 13.9 Å². The molecule has 3 aromatic rings. The molecule has 25 heavy (non-hydrogen) atoms. The lowest BCUT2D eigenvalue weighted by molar-refractivity contribution is 0.220. The first-order chi connectivity index (χ1) is 11.8. The van der Waals surface area contributed by atoms with Crippen LogP contribution in [0.25, 0.3) is 11.3 Å². The summed E-state index contributed by atoms with van der Waals surface area (Å²) in [6.45, 7) is 1.69. The molecule has 0 amide bonds. The van der Waals surface area contributed by atoms with E-state index in [-0.39, 0.29) is 15.6 Å². The minimum Gasteiger partial charge on any atom is -0.383 e. The Morgan fingerprint density at radius 3 is 2.48 bits per heavy atom. The second-order valence-corrected chi connectivity index (χ2v) is 6.45. The number of hydrogen-bond acceptors (Lipinski definition) is 2. The summed E-state index contributed by atoms with van der Waals surface area (Å²) in [5.74, 6) is -1.05. The van der Waals surface area contributed by atoms with E-state index in [4.69, 9.17) is 23.2 Å². The summed E-state index contributed by atoms with van der Waals surface area (Å²) in [4.78, 5) is 0. The van der Waals surface area contributed by atoms with Crippen molar-refractivity contribution >= 4 is 23.2 Å². The minimum atomic E-state index is -1.22. The van der Waals surface area contributed by atoms with Crippen molar-refractivity contribution in [3.8, 4) is 11.3 Å². The average molecular weight is 383 g/mol. The summed E-state index contributed by atoms with van der Waals surface area (Å²) in [5.41, 5.74) is 1.63. The molecule has 0 radical (unpaired) electrons. The fourth-order valence-corrected chi connectivity index (χ4v) is 3.42. The van der Waals surface area contributed by atoms with Gasteiger partial charge in [0.25, 0.3) is 0 Å². The predicted octanol–water partition coefficient (Wildman–Crippen LogP) is 5.06. The highest BCUT2D eigenvalue weighted by atomic mass is 35.5. The van der Waals surface area contributed by atoms with Crippen molar-refractivity contribution < 1.29 is 13.9 Å². The second-order valence-electron chi connectivity index (χ2n) is 5.64. The Hall–Kier alpha value is -1.95. The Kier molecular flexibility index (Phi) is 4.82. The third kappa shape index (κ3) is 3.15. The summed E-state index contributed by atoms with van der Waals surface area (Å²) in [5, 5.41) is 15.4. The maximum atomic E-state index is 14.4. The molecule has 0 bridgehead atoms. The van der Waals surface area contributed by atoms with E-state index in [0.717, 1.165) is 6.07 Å². The number of nitrogens with zero attached hydrogens (tertiary/aromatic N) is 2. The first kappa shape index (κ1) is 17.9. The SMILES string of the molecule is Cc1nn(C)c(-c2c(F)cccc2Cl)c1[C@@H](O)c1ccc(F)cc1Cl. The van der Waals surface area contributed by atoms with Crippen LogP contribution in [-0.2, 0) is 7.05 Å². The maximum absolute atomic E-state index is 14.4. The van der Waals surface area contributed by atoms with E-state index in [1.165, 1.54) is 28.9 Å². The zero-order valence-electron chi connectivity index (χ0n) is 13.4. The van der Waals surface area contributed by atoms with E-state index < -0.39 is 17.7 Å². The van der Waals surface area contributed by atoms with Gasteiger partial charge in [0.2, 0.25) is 0 Å². The van der Waals surface area contributed by atoms with Gasteiger partial charge in [0.1, 0.15) is 17.7 Å². The van der Waals surface area contributed by atoms with E-state index in [0.29, 0.717) is 22.5 Å². The van der Waals surface area contributed by atoms with Crippen LogP contribution < -0.4 is 0 Å². The number of halogens is 4. The van der Waals surface area contributed by atoms with Crippen LogP contribution in [0.1, 0.15) is 22.9 Å². The molecule has 0 saturated heterocycles. The number of hydrogen-bond donors (Lipinski definition) is 1. The van der Waals surface area contributed by atoms with Crippen molar-refractivity contribution in [1.29, 1.82) is 0 Å². The Morgan fingerprint density at radius 1 is 1.12 bits per heavy atom. The monoisotopic (exact) mass is 382 g/mol. The normalized spacial score (nSPS) is 12.4. The third-order valence-electron chi connectivity index (χ3n) is 4.00. The number of rotatable bonds is 3. The quantitative estimate of drug-likeness (QED) is 0.687. The van der Waals surface area contributed by atoms with Crippen LogP contribution in [0.15, 0.2) is 36.4 Å². The zero-order chi connectivity index (χ0) is 18.3. The van der Waals surface area contributed by atoms with Gasteiger partial charge in [0.15, 0.2) is 0 Å². The summed E-state index contributed by atoms with van der Waals surface area (Å²) in [6, 6.07) is 8.04. The minimum absolute atomic E-state index is 0.0707. The number of aryl methyl sites for hydroxylation is 2. The Bertz CT molecular complexity index is 936. The van der Waals surface area contributed by atoms with Gasteiger partial charge in [0, 0.05) is 23.2 Å². The molecule has 7 heteroatoms. The molecule has 1 atom stereocenters. The van der Waals surface area contributed by atoms with E-state index in [1.54, 1.807) is 20.0 Å². The molecule has 0 aliphatic carbocycles. The van der Waals surface area contributed by atoms with Gasteiger partial charge in [-0.25, -0.2) is 8.78 Å². The highest BCUT2D eigenvalue weighted by Crippen LogP contribution is 2.40. The Morgan fingerprint density at radius 2 is 1.84 bits per heavy atom. The van der Waals surface area contributed by atoms with Crippen LogP contribution >= 0.6 is 23.2 Å². The summed E-state index contributed by atoms with van der Waals surface area (Å²) in [7, 11) is 1.63. The van der Waals surface area contributed by atoms with Gasteiger partial charge in [-0.1, -0.05) is 35.3 Å². The lowest BCUT2D eigenvalue weighted by Crippen LogP contribution is -2.05. The number of aliphatic hydroxyl groups is 1. The van der Waals surface area contributed by atoms with Gasteiger partial charge >= 0.3 is 0 Å². The van der Waals surface area contributed by atoms with Gasteiger partial charge in [-0.2, -0.15) is 5.10 Å². The summed E-state index contributed by atoms with van der Waals surface area (Å²) in [6.07, 6.45) is -1.22. The molecule has 0 spiro atoms. The molecule has 2 aromatic carbocycles. The van der Waals surface area contributed by atoms with Gasteiger partial charge in [0.05, 0.1) is 22.0 Å². The fourth-order valence-electron chi connectivity index (χ4n) is 2.90. The van der Waals surface area contributed by atoms with Gasteiger partial charge in [-0.15, -0.1) is 0 Å². The van der Waals surface area contributed by atoms with Crippen LogP contribution in [0.2, 0.25) is 10.0 Å². The number of aliphatic hydroxyl groups excluding tert-OH is 1. The molecule has 3 rings (SSSR count). The third-order valence-corrected chi connectivity index (χ3v) is 4.64. The van der Waals surface area contributed by atoms with E-state index in [2.05, 4.69) is 5.10 Å². The van der Waals surface area contributed by atoms with Gasteiger partial charge in [-0.05, 0) is 31.2 Å². The van der Waals surface area contributed by atoms with Crippen LogP contribution in [0.3, 0.4) is 0 Å². The molecule has 130 valence electrons. The average Bonchev–Trinajstić information content (AvgIpc) is 2.81. The molecule has 1 heterocycles. The molecule has 3 nitrogen and oxygen atoms in total. The molecular weight excluding hydrogens is 369 g/mol. The smallest absolute Gasteiger partial charge is 0.134 e. The molecule has 0 unspecified atom stereocenters. The Balaban J connectivity index is 2.24. The molecular formula is C18H14Cl2F2N2O. The van der Waals surface area contributed by atoms with Crippen molar-refractivity contribution in [2.45, 2.75) is 13.0 Å². The van der Waals surface area contributed by atoms with Crippen molar-refractivity contribution in [2.24, 2.45) is 7.05 Å². The van der Waals surface area contributed by atoms with E-state index in [1.807, 2.05) is 0 Å². The van der Waals surface area contributed by atoms with Gasteiger partial charge in [-0.3, -0.25) is 4.68 Å². The molecule has 0 fully saturated rings. The number of benzene rings is 2. The highest BCUT2D eigenvalue weighted by molar-refractivity contribution is 6.33. The van der Waals surface area contributed by atoms with E-state index >= 15 is 0 Å². The van der Waals surface area contributed by atoms with Gasteiger partial charge < -0.3 is 5.11 Å². The molecule has 1 N–H and O–H groups in total. The lowest BCUT2D eigenvalue weighted by atomic mass is 9.96.